The molecule has 0 spiro atoms. The molecule has 19 heavy (non-hydrogen) atoms. The molecule has 1 aliphatic heterocycles. The molecule has 1 aromatic rings. The molecule has 0 saturated carbocycles. The number of carbonyl (C=O) groups is 1. The number of amides is 1. The smallest absolute Gasteiger partial charge is 0.255 e. The first-order valence-electron chi connectivity index (χ1n) is 6.44. The van der Waals surface area contributed by atoms with E-state index in [-0.39, 0.29) is 5.91 Å². The lowest BCUT2D eigenvalue weighted by molar-refractivity contribution is 0.0627. The van der Waals surface area contributed by atoms with Crippen molar-refractivity contribution in [2.45, 2.75) is 20.3 Å². The van der Waals surface area contributed by atoms with E-state index in [1.807, 2.05) is 4.90 Å². The van der Waals surface area contributed by atoms with E-state index < -0.39 is 0 Å². The molecule has 1 aromatic heterocycles. The highest BCUT2D eigenvalue weighted by molar-refractivity contribution is 6.33. The standard InChI is InChI=1S/C13H19ClN4O/c1-8-3-4-18(7-9(8)2)13(19)10-5-11(14)12(17-15)16-6-10/h5-6,8-9H,3-4,7,15H2,1-2H3,(H,16,17). The van der Waals surface area contributed by atoms with Crippen LogP contribution in [0.15, 0.2) is 12.3 Å². The van der Waals surface area contributed by atoms with Crippen LogP contribution in [0.3, 0.4) is 0 Å². The van der Waals surface area contributed by atoms with Gasteiger partial charge in [0.05, 0.1) is 10.6 Å². The Balaban J connectivity index is 2.13. The average Bonchev–Trinajstić information content (AvgIpc) is 2.41. The monoisotopic (exact) mass is 282 g/mol. The number of aromatic nitrogens is 1. The number of likely N-dealkylation sites (tertiary alicyclic amines) is 1. The van der Waals surface area contributed by atoms with Crippen molar-refractivity contribution in [3.8, 4) is 0 Å². The van der Waals surface area contributed by atoms with Gasteiger partial charge in [-0.1, -0.05) is 25.4 Å². The first kappa shape index (κ1) is 14.1. The number of pyridine rings is 1. The second-order valence-electron chi connectivity index (χ2n) is 5.19. The number of carbonyl (C=O) groups excluding carboxylic acids is 1. The molecule has 1 saturated heterocycles. The maximum atomic E-state index is 12.4. The topological polar surface area (TPSA) is 71.2 Å². The third-order valence-corrected chi connectivity index (χ3v) is 4.13. The van der Waals surface area contributed by atoms with E-state index >= 15 is 0 Å². The van der Waals surface area contributed by atoms with Crippen molar-refractivity contribution in [3.63, 3.8) is 0 Å². The van der Waals surface area contributed by atoms with Crippen LogP contribution >= 0.6 is 11.6 Å². The molecule has 1 amide bonds. The van der Waals surface area contributed by atoms with E-state index in [4.69, 9.17) is 17.4 Å². The van der Waals surface area contributed by atoms with Gasteiger partial charge in [-0.2, -0.15) is 0 Å². The van der Waals surface area contributed by atoms with E-state index in [1.54, 1.807) is 6.07 Å². The fourth-order valence-electron chi connectivity index (χ4n) is 2.29. The van der Waals surface area contributed by atoms with Gasteiger partial charge in [0.2, 0.25) is 0 Å². The minimum absolute atomic E-state index is 0.0169. The molecule has 0 aromatic carbocycles. The largest absolute Gasteiger partial charge is 0.338 e. The van der Waals surface area contributed by atoms with Crippen LogP contribution in [0.25, 0.3) is 0 Å². The van der Waals surface area contributed by atoms with Gasteiger partial charge in [-0.05, 0) is 24.3 Å². The Kier molecular flexibility index (Phi) is 4.27. The summed E-state index contributed by atoms with van der Waals surface area (Å²) in [6.45, 7) is 5.98. The minimum atomic E-state index is -0.0169. The van der Waals surface area contributed by atoms with E-state index in [0.717, 1.165) is 19.5 Å². The van der Waals surface area contributed by atoms with E-state index in [1.165, 1.54) is 6.20 Å². The van der Waals surface area contributed by atoms with Crippen LogP contribution in [-0.2, 0) is 0 Å². The second kappa shape index (κ2) is 5.75. The lowest BCUT2D eigenvalue weighted by atomic mass is 9.88. The maximum absolute atomic E-state index is 12.4. The molecule has 1 aliphatic rings. The first-order chi connectivity index (χ1) is 9.02. The van der Waals surface area contributed by atoms with Gasteiger partial charge in [-0.25, -0.2) is 10.8 Å². The van der Waals surface area contributed by atoms with Crippen LogP contribution in [0, 0.1) is 11.8 Å². The highest BCUT2D eigenvalue weighted by Crippen LogP contribution is 2.25. The van der Waals surface area contributed by atoms with Crippen molar-refractivity contribution < 1.29 is 4.79 Å². The number of nitrogens with one attached hydrogen (secondary N) is 1. The molecule has 0 aliphatic carbocycles. The van der Waals surface area contributed by atoms with Gasteiger partial charge in [0.15, 0.2) is 5.82 Å². The lowest BCUT2D eigenvalue weighted by Gasteiger charge is -2.35. The van der Waals surface area contributed by atoms with E-state index in [2.05, 4.69) is 24.3 Å². The number of rotatable bonds is 2. The normalized spacial score (nSPS) is 23.3. The molecule has 1 fully saturated rings. The summed E-state index contributed by atoms with van der Waals surface area (Å²) in [7, 11) is 0. The van der Waals surface area contributed by atoms with E-state index in [9.17, 15) is 4.79 Å². The molecule has 0 bridgehead atoms. The van der Waals surface area contributed by atoms with Gasteiger partial charge < -0.3 is 10.3 Å². The Morgan fingerprint density at radius 3 is 2.84 bits per heavy atom. The third kappa shape index (κ3) is 2.98. The zero-order chi connectivity index (χ0) is 14.0. The van der Waals surface area contributed by atoms with Gasteiger partial charge in [0, 0.05) is 19.3 Å². The Morgan fingerprint density at radius 2 is 2.26 bits per heavy atom. The number of piperidine rings is 1. The predicted molar refractivity (Wildman–Crippen MR) is 75.9 cm³/mol. The number of anilines is 1. The van der Waals surface area contributed by atoms with Gasteiger partial charge in [-0.3, -0.25) is 4.79 Å². The van der Waals surface area contributed by atoms with Gasteiger partial charge in [0.1, 0.15) is 0 Å². The molecular weight excluding hydrogens is 264 g/mol. The lowest BCUT2D eigenvalue weighted by Crippen LogP contribution is -2.42. The van der Waals surface area contributed by atoms with Gasteiger partial charge >= 0.3 is 0 Å². The average molecular weight is 283 g/mol. The molecule has 0 radical (unpaired) electrons. The second-order valence-corrected chi connectivity index (χ2v) is 5.60. The number of halogens is 1. The maximum Gasteiger partial charge on any atom is 0.255 e. The molecule has 2 rings (SSSR count). The summed E-state index contributed by atoms with van der Waals surface area (Å²) >= 11 is 5.99. The summed E-state index contributed by atoms with van der Waals surface area (Å²) < 4.78 is 0. The zero-order valence-electron chi connectivity index (χ0n) is 11.2. The fraction of sp³-hybridized carbons (Fsp3) is 0.538. The summed E-state index contributed by atoms with van der Waals surface area (Å²) in [6, 6.07) is 1.61. The predicted octanol–water partition coefficient (Wildman–Crippen LogP) is 2.14. The van der Waals surface area contributed by atoms with Crippen molar-refractivity contribution in [1.29, 1.82) is 0 Å². The molecule has 6 heteroatoms. The molecular formula is C13H19ClN4O. The van der Waals surface area contributed by atoms with Crippen LogP contribution in [0.2, 0.25) is 5.02 Å². The van der Waals surface area contributed by atoms with Crippen molar-refractivity contribution >= 4 is 23.3 Å². The van der Waals surface area contributed by atoms with Gasteiger partial charge in [0.25, 0.3) is 5.91 Å². The first-order valence-corrected chi connectivity index (χ1v) is 6.82. The summed E-state index contributed by atoms with van der Waals surface area (Å²) in [6.07, 6.45) is 2.54. The number of nitrogens with zero attached hydrogens (tertiary/aromatic N) is 2. The molecule has 2 heterocycles. The number of hydrazine groups is 1. The quantitative estimate of drug-likeness (QED) is 0.644. The SMILES string of the molecule is CC1CCN(C(=O)c2cnc(NN)c(Cl)c2)CC1C. The number of hydrogen-bond donors (Lipinski definition) is 2. The molecule has 5 nitrogen and oxygen atoms in total. The van der Waals surface area contributed by atoms with Crippen LogP contribution in [-0.4, -0.2) is 28.9 Å². The Bertz CT molecular complexity index is 480. The van der Waals surface area contributed by atoms with Crippen LogP contribution in [0.5, 0.6) is 0 Å². The summed E-state index contributed by atoms with van der Waals surface area (Å²) in [5, 5.41) is 0.353. The van der Waals surface area contributed by atoms with E-state index in [0.29, 0.717) is 28.2 Å². The highest BCUT2D eigenvalue weighted by Gasteiger charge is 2.26. The Hall–Kier alpha value is -1.33. The minimum Gasteiger partial charge on any atom is -0.338 e. The molecule has 104 valence electrons. The van der Waals surface area contributed by atoms with Crippen molar-refractivity contribution in [3.05, 3.63) is 22.8 Å². The zero-order valence-corrected chi connectivity index (χ0v) is 11.9. The van der Waals surface area contributed by atoms with Gasteiger partial charge in [-0.15, -0.1) is 0 Å². The van der Waals surface area contributed by atoms with Crippen LogP contribution < -0.4 is 11.3 Å². The summed E-state index contributed by atoms with van der Waals surface area (Å²) in [4.78, 5) is 18.3. The molecule has 2 unspecified atom stereocenters. The molecule has 3 N–H and O–H groups in total. The van der Waals surface area contributed by atoms with Crippen molar-refractivity contribution in [2.24, 2.45) is 17.7 Å². The highest BCUT2D eigenvalue weighted by atomic mass is 35.5. The molecule has 2 atom stereocenters. The Morgan fingerprint density at radius 1 is 1.53 bits per heavy atom. The third-order valence-electron chi connectivity index (χ3n) is 3.85. The van der Waals surface area contributed by atoms with Crippen LogP contribution in [0.1, 0.15) is 30.6 Å². The number of nitrogen functional groups attached to an aromatic ring is 1. The van der Waals surface area contributed by atoms with Crippen molar-refractivity contribution in [1.82, 2.24) is 9.88 Å². The van der Waals surface area contributed by atoms with Crippen LogP contribution in [0.4, 0.5) is 5.82 Å². The number of nitrogens with two attached hydrogens (primary N) is 1. The van der Waals surface area contributed by atoms with Crippen molar-refractivity contribution in [2.75, 3.05) is 18.5 Å². The Labute approximate surface area is 118 Å². The number of hydrogen-bond acceptors (Lipinski definition) is 4. The summed E-state index contributed by atoms with van der Waals surface area (Å²) in [5.74, 6) is 6.80. The summed E-state index contributed by atoms with van der Waals surface area (Å²) in [5.41, 5.74) is 2.89. The fourth-order valence-corrected chi connectivity index (χ4v) is 2.51.